The number of aliphatic hydroxyl groups excluding tert-OH is 1. The van der Waals surface area contributed by atoms with Crippen LogP contribution in [0.2, 0.25) is 0 Å². The minimum atomic E-state index is -0.580. The molecule has 0 saturated carbocycles. The Morgan fingerprint density at radius 3 is 3.00 bits per heavy atom. The lowest BCUT2D eigenvalue weighted by atomic mass is 10.2. The third-order valence-corrected chi connectivity index (χ3v) is 1.15. The first-order chi connectivity index (χ1) is 4.34. The Hall–Kier alpha value is -0.800. The molecule has 0 aliphatic heterocycles. The van der Waals surface area contributed by atoms with Crippen LogP contribution in [0.5, 0.6) is 0 Å². The smallest absolute Gasteiger partial charge is 0.0961 e. The molecule has 0 aromatic carbocycles. The second kappa shape index (κ2) is 2.66. The summed E-state index contributed by atoms with van der Waals surface area (Å²) in [7, 11) is 0. The van der Waals surface area contributed by atoms with Crippen LogP contribution in [0.3, 0.4) is 0 Å². The minimum Gasteiger partial charge on any atom is -0.472 e. The summed E-state index contributed by atoms with van der Waals surface area (Å²) in [6.07, 6.45) is 2.41. The van der Waals surface area contributed by atoms with Gasteiger partial charge in [-0.2, -0.15) is 0 Å². The molecule has 50 valence electrons. The minimum absolute atomic E-state index is 0.236. The molecule has 0 aliphatic carbocycles. The summed E-state index contributed by atoms with van der Waals surface area (Å²) >= 11 is 0. The van der Waals surface area contributed by atoms with Gasteiger partial charge in [0.25, 0.3) is 0 Å². The van der Waals surface area contributed by atoms with Crippen LogP contribution in [-0.4, -0.2) is 11.7 Å². The van der Waals surface area contributed by atoms with Gasteiger partial charge in [0, 0.05) is 12.1 Å². The maximum atomic E-state index is 9.03. The van der Waals surface area contributed by atoms with Gasteiger partial charge in [0.15, 0.2) is 0 Å². The first-order valence-electron chi connectivity index (χ1n) is 2.75. The van der Waals surface area contributed by atoms with Crippen LogP contribution in [0.15, 0.2) is 23.0 Å². The molecule has 1 unspecified atom stereocenters. The van der Waals surface area contributed by atoms with E-state index in [9.17, 15) is 0 Å². The third kappa shape index (κ3) is 1.31. The fraction of sp³-hybridized carbons (Fsp3) is 0.333. The monoisotopic (exact) mass is 127 g/mol. The van der Waals surface area contributed by atoms with Crippen molar-refractivity contribution in [3.05, 3.63) is 24.2 Å². The molecule has 1 heterocycles. The summed E-state index contributed by atoms with van der Waals surface area (Å²) < 4.78 is 4.72. The Morgan fingerprint density at radius 1 is 1.78 bits per heavy atom. The van der Waals surface area contributed by atoms with Crippen LogP contribution in [0.4, 0.5) is 0 Å². The first-order valence-corrected chi connectivity index (χ1v) is 2.75. The zero-order valence-electron chi connectivity index (χ0n) is 4.95. The second-order valence-corrected chi connectivity index (χ2v) is 1.81. The lowest BCUT2D eigenvalue weighted by molar-refractivity contribution is 0.186. The molecule has 0 bridgehead atoms. The molecule has 0 amide bonds. The zero-order valence-corrected chi connectivity index (χ0v) is 4.95. The van der Waals surface area contributed by atoms with E-state index in [1.807, 2.05) is 0 Å². The van der Waals surface area contributed by atoms with Gasteiger partial charge in [-0.05, 0) is 6.07 Å². The highest BCUT2D eigenvalue weighted by Crippen LogP contribution is 2.10. The van der Waals surface area contributed by atoms with Crippen LogP contribution in [0.1, 0.15) is 11.7 Å². The molecule has 0 fully saturated rings. The van der Waals surface area contributed by atoms with Crippen molar-refractivity contribution in [3.8, 4) is 0 Å². The van der Waals surface area contributed by atoms with Gasteiger partial charge < -0.3 is 15.3 Å². The van der Waals surface area contributed by atoms with Crippen molar-refractivity contribution < 1.29 is 9.52 Å². The van der Waals surface area contributed by atoms with Crippen molar-refractivity contribution in [1.82, 2.24) is 0 Å². The molecule has 3 nitrogen and oxygen atoms in total. The quantitative estimate of drug-likeness (QED) is 0.599. The van der Waals surface area contributed by atoms with Crippen LogP contribution in [0, 0.1) is 0 Å². The van der Waals surface area contributed by atoms with E-state index in [0.29, 0.717) is 0 Å². The number of hydrogen-bond donors (Lipinski definition) is 2. The van der Waals surface area contributed by atoms with E-state index in [0.717, 1.165) is 5.56 Å². The molecular formula is C6H9NO2. The highest BCUT2D eigenvalue weighted by molar-refractivity contribution is 5.08. The fourth-order valence-corrected chi connectivity index (χ4v) is 0.601. The number of hydrogen-bond acceptors (Lipinski definition) is 3. The summed E-state index contributed by atoms with van der Waals surface area (Å²) in [5.74, 6) is 0. The van der Waals surface area contributed by atoms with Crippen LogP contribution < -0.4 is 5.73 Å². The highest BCUT2D eigenvalue weighted by atomic mass is 16.3. The van der Waals surface area contributed by atoms with Crippen molar-refractivity contribution in [2.75, 3.05) is 6.54 Å². The average Bonchev–Trinajstić information content (AvgIpc) is 2.37. The van der Waals surface area contributed by atoms with Crippen LogP contribution in [-0.2, 0) is 0 Å². The Morgan fingerprint density at radius 2 is 2.56 bits per heavy atom. The summed E-state index contributed by atoms with van der Waals surface area (Å²) in [5, 5.41) is 9.03. The average molecular weight is 127 g/mol. The summed E-state index contributed by atoms with van der Waals surface area (Å²) in [4.78, 5) is 0. The van der Waals surface area contributed by atoms with E-state index >= 15 is 0 Å². The van der Waals surface area contributed by atoms with Crippen molar-refractivity contribution in [3.63, 3.8) is 0 Å². The molecule has 0 aliphatic rings. The Balaban J connectivity index is 2.65. The van der Waals surface area contributed by atoms with Gasteiger partial charge in [-0.3, -0.25) is 0 Å². The molecular weight excluding hydrogens is 118 g/mol. The standard InChI is InChI=1S/C6H9NO2/c7-3-6(8)5-1-2-9-4-5/h1-2,4,6,8H,3,7H2. The van der Waals surface area contributed by atoms with E-state index < -0.39 is 6.10 Å². The lowest BCUT2D eigenvalue weighted by Gasteiger charge is -2.00. The number of rotatable bonds is 2. The maximum Gasteiger partial charge on any atom is 0.0961 e. The lowest BCUT2D eigenvalue weighted by Crippen LogP contribution is -2.10. The largest absolute Gasteiger partial charge is 0.472 e. The second-order valence-electron chi connectivity index (χ2n) is 1.81. The van der Waals surface area contributed by atoms with Crippen molar-refractivity contribution in [1.29, 1.82) is 0 Å². The third-order valence-electron chi connectivity index (χ3n) is 1.15. The number of aliphatic hydroxyl groups is 1. The van der Waals surface area contributed by atoms with Gasteiger partial charge in [-0.1, -0.05) is 0 Å². The molecule has 3 N–H and O–H groups in total. The predicted octanol–water partition coefficient (Wildman–Crippen LogP) is 0.272. The molecule has 1 aromatic rings. The number of furan rings is 1. The summed E-state index contributed by atoms with van der Waals surface area (Å²) in [6, 6.07) is 1.69. The molecule has 0 saturated heterocycles. The Bertz CT molecular complexity index is 160. The van der Waals surface area contributed by atoms with E-state index in [4.69, 9.17) is 15.3 Å². The summed E-state index contributed by atoms with van der Waals surface area (Å²) in [6.45, 7) is 0.236. The van der Waals surface area contributed by atoms with Crippen LogP contribution in [0.25, 0.3) is 0 Å². The predicted molar refractivity (Wildman–Crippen MR) is 32.7 cm³/mol. The van der Waals surface area contributed by atoms with E-state index in [1.54, 1.807) is 6.07 Å². The highest BCUT2D eigenvalue weighted by Gasteiger charge is 2.03. The van der Waals surface area contributed by atoms with Gasteiger partial charge in [0.1, 0.15) is 0 Å². The Labute approximate surface area is 53.1 Å². The number of nitrogens with two attached hydrogens (primary N) is 1. The topological polar surface area (TPSA) is 59.4 Å². The van der Waals surface area contributed by atoms with Gasteiger partial charge in [-0.15, -0.1) is 0 Å². The normalized spacial score (nSPS) is 13.6. The first kappa shape index (κ1) is 6.32. The molecule has 1 rings (SSSR count). The van der Waals surface area contributed by atoms with Gasteiger partial charge >= 0.3 is 0 Å². The van der Waals surface area contributed by atoms with Crippen LogP contribution >= 0.6 is 0 Å². The van der Waals surface area contributed by atoms with Gasteiger partial charge in [0.05, 0.1) is 18.6 Å². The molecule has 9 heavy (non-hydrogen) atoms. The molecule has 1 aromatic heterocycles. The summed E-state index contributed by atoms with van der Waals surface area (Å²) in [5.41, 5.74) is 5.91. The van der Waals surface area contributed by atoms with E-state index in [1.165, 1.54) is 12.5 Å². The SMILES string of the molecule is NCC(O)c1ccoc1. The van der Waals surface area contributed by atoms with Crippen molar-refractivity contribution in [2.24, 2.45) is 5.73 Å². The van der Waals surface area contributed by atoms with Crippen molar-refractivity contribution >= 4 is 0 Å². The zero-order chi connectivity index (χ0) is 6.69. The van der Waals surface area contributed by atoms with Gasteiger partial charge in [-0.25, -0.2) is 0 Å². The van der Waals surface area contributed by atoms with Crippen molar-refractivity contribution in [2.45, 2.75) is 6.10 Å². The fourth-order valence-electron chi connectivity index (χ4n) is 0.601. The van der Waals surface area contributed by atoms with E-state index in [2.05, 4.69) is 0 Å². The maximum absolute atomic E-state index is 9.03. The molecule has 1 atom stereocenters. The Kier molecular flexibility index (Phi) is 1.87. The molecule has 0 spiro atoms. The van der Waals surface area contributed by atoms with Gasteiger partial charge in [0.2, 0.25) is 0 Å². The molecule has 3 heteroatoms. The van der Waals surface area contributed by atoms with E-state index in [-0.39, 0.29) is 6.54 Å². The molecule has 0 radical (unpaired) electrons.